The van der Waals surface area contributed by atoms with E-state index in [0.29, 0.717) is 24.3 Å². The van der Waals surface area contributed by atoms with Crippen LogP contribution in [0, 0.1) is 5.92 Å². The summed E-state index contributed by atoms with van der Waals surface area (Å²) in [6.45, 7) is 5.31. The minimum absolute atomic E-state index is 0.119. The van der Waals surface area contributed by atoms with Crippen LogP contribution in [-0.4, -0.2) is 43.7 Å². The Balaban J connectivity index is 1.80. The van der Waals surface area contributed by atoms with Crippen molar-refractivity contribution >= 4 is 21.9 Å². The maximum Gasteiger partial charge on any atom is 0.332 e. The van der Waals surface area contributed by atoms with Crippen molar-refractivity contribution in [3.05, 3.63) is 80.3 Å². The number of fused-ring (bicyclic) bond motifs is 2. The number of nitrogens with zero attached hydrogens (tertiary/aromatic N) is 5. The summed E-state index contributed by atoms with van der Waals surface area (Å²) in [6, 6.07) is 14.3. The van der Waals surface area contributed by atoms with Crippen molar-refractivity contribution in [2.24, 2.45) is 18.8 Å². The van der Waals surface area contributed by atoms with E-state index in [9.17, 15) is 9.59 Å². The molecule has 0 radical (unpaired) electrons. The maximum absolute atomic E-state index is 13.1. The van der Waals surface area contributed by atoms with Gasteiger partial charge in [0.15, 0.2) is 11.2 Å². The fraction of sp³-hybridized carbons (Fsp3) is 0.385. The van der Waals surface area contributed by atoms with Gasteiger partial charge in [-0.25, -0.2) is 19.8 Å². The van der Waals surface area contributed by atoms with Gasteiger partial charge in [-0.15, -0.1) is 0 Å². The van der Waals surface area contributed by atoms with Crippen LogP contribution >= 0.6 is 0 Å². The second kappa shape index (κ2) is 8.99. The van der Waals surface area contributed by atoms with Crippen molar-refractivity contribution in [3.63, 3.8) is 0 Å². The van der Waals surface area contributed by atoms with Crippen LogP contribution < -0.4 is 22.4 Å². The van der Waals surface area contributed by atoms with Crippen LogP contribution in [0.1, 0.15) is 36.8 Å². The largest absolute Gasteiger partial charge is 0.332 e. The Morgan fingerprint density at radius 1 is 1.14 bits per heavy atom. The number of likely N-dealkylation sites (N-methyl/N-ethyl adjacent to an activating group) is 1. The molecule has 2 unspecified atom stereocenters. The van der Waals surface area contributed by atoms with Crippen molar-refractivity contribution < 1.29 is 0 Å². The normalized spacial score (nSPS) is 16.5. The predicted octanol–water partition coefficient (Wildman–Crippen LogP) is 1.71. The van der Waals surface area contributed by atoms with Gasteiger partial charge >= 0.3 is 5.69 Å². The van der Waals surface area contributed by atoms with E-state index in [1.54, 1.807) is 16.6 Å². The van der Waals surface area contributed by atoms with Gasteiger partial charge in [0.1, 0.15) is 0 Å². The van der Waals surface area contributed by atoms with Gasteiger partial charge in [-0.1, -0.05) is 56.3 Å². The summed E-state index contributed by atoms with van der Waals surface area (Å²) in [6.07, 6.45) is 0.502. The van der Waals surface area contributed by atoms with Crippen molar-refractivity contribution in [3.8, 4) is 0 Å². The standard InChI is InChI=1S/C26H31N7O2/c1-15(2)14-33-24-22(25(34)31(3)26(33)35)30-21(23(32(4)27)20-13-28-20)19(29-24)12-17-10-7-9-16-8-5-6-11-18(16)17/h5-11,15,20,23,28H,12-14,27H2,1-4H3. The molecule has 1 saturated heterocycles. The molecule has 0 spiro atoms. The molecule has 1 aliphatic heterocycles. The molecule has 1 aliphatic rings. The molecular weight excluding hydrogens is 442 g/mol. The summed E-state index contributed by atoms with van der Waals surface area (Å²) in [7, 11) is 3.29. The van der Waals surface area contributed by atoms with Gasteiger partial charge < -0.3 is 5.32 Å². The second-order valence-corrected chi connectivity index (χ2v) is 9.82. The summed E-state index contributed by atoms with van der Waals surface area (Å²) in [5, 5.41) is 7.23. The van der Waals surface area contributed by atoms with E-state index in [1.165, 1.54) is 7.05 Å². The summed E-state index contributed by atoms with van der Waals surface area (Å²) < 4.78 is 2.69. The average Bonchev–Trinajstić information content (AvgIpc) is 3.66. The molecule has 9 heteroatoms. The van der Waals surface area contributed by atoms with Gasteiger partial charge in [-0.3, -0.25) is 19.8 Å². The van der Waals surface area contributed by atoms with Gasteiger partial charge in [0.05, 0.1) is 17.4 Å². The molecule has 4 aromatic rings. The number of hydrogen-bond donors (Lipinski definition) is 2. The molecule has 0 bridgehead atoms. The van der Waals surface area contributed by atoms with Gasteiger partial charge in [-0.2, -0.15) is 0 Å². The lowest BCUT2D eigenvalue weighted by molar-refractivity contribution is 0.242. The number of hydrogen-bond acceptors (Lipinski definition) is 7. The van der Waals surface area contributed by atoms with Crippen molar-refractivity contribution in [2.75, 3.05) is 13.6 Å². The van der Waals surface area contributed by atoms with Crippen LogP contribution in [0.4, 0.5) is 0 Å². The Morgan fingerprint density at radius 3 is 2.54 bits per heavy atom. The first-order valence-electron chi connectivity index (χ1n) is 11.9. The minimum Gasteiger partial charge on any atom is -0.309 e. The highest BCUT2D eigenvalue weighted by Crippen LogP contribution is 2.30. The molecule has 0 amide bonds. The fourth-order valence-corrected chi connectivity index (χ4v) is 4.80. The lowest BCUT2D eigenvalue weighted by Crippen LogP contribution is -2.41. The summed E-state index contributed by atoms with van der Waals surface area (Å²) >= 11 is 0. The van der Waals surface area contributed by atoms with Crippen molar-refractivity contribution in [1.29, 1.82) is 0 Å². The van der Waals surface area contributed by atoms with E-state index < -0.39 is 5.56 Å². The van der Waals surface area contributed by atoms with Gasteiger partial charge in [-0.05, 0) is 22.3 Å². The maximum atomic E-state index is 13.1. The first-order valence-corrected chi connectivity index (χ1v) is 11.9. The van der Waals surface area contributed by atoms with Gasteiger partial charge in [0.25, 0.3) is 5.56 Å². The van der Waals surface area contributed by atoms with E-state index in [2.05, 4.69) is 29.6 Å². The zero-order valence-corrected chi connectivity index (χ0v) is 20.5. The fourth-order valence-electron chi connectivity index (χ4n) is 4.80. The third-order valence-corrected chi connectivity index (χ3v) is 6.59. The number of nitrogens with two attached hydrogens (primary N) is 1. The lowest BCUT2D eigenvalue weighted by Gasteiger charge is -2.25. The third-order valence-electron chi connectivity index (χ3n) is 6.59. The summed E-state index contributed by atoms with van der Waals surface area (Å²) in [5.41, 5.74) is 2.17. The monoisotopic (exact) mass is 473 g/mol. The van der Waals surface area contributed by atoms with Crippen LogP contribution in [0.5, 0.6) is 0 Å². The topological polar surface area (TPSA) is 121 Å². The molecule has 35 heavy (non-hydrogen) atoms. The van der Waals surface area contributed by atoms with E-state index >= 15 is 0 Å². The van der Waals surface area contributed by atoms with E-state index in [1.807, 2.05) is 32.0 Å². The average molecular weight is 474 g/mol. The highest BCUT2D eigenvalue weighted by Gasteiger charge is 2.37. The van der Waals surface area contributed by atoms with Crippen LogP contribution in [-0.2, 0) is 20.0 Å². The van der Waals surface area contributed by atoms with Crippen LogP contribution in [0.3, 0.4) is 0 Å². The molecular formula is C26H31N7O2. The molecule has 2 aromatic carbocycles. The van der Waals surface area contributed by atoms with E-state index in [-0.39, 0.29) is 29.2 Å². The number of rotatable bonds is 7. The first-order chi connectivity index (χ1) is 16.8. The third kappa shape index (κ3) is 4.27. The zero-order valence-electron chi connectivity index (χ0n) is 20.5. The molecule has 3 N–H and O–H groups in total. The van der Waals surface area contributed by atoms with Crippen molar-refractivity contribution in [1.82, 2.24) is 29.4 Å². The Kier molecular flexibility index (Phi) is 6.00. The number of nitrogens with one attached hydrogen (secondary N) is 1. The molecule has 0 saturated carbocycles. The number of hydrazine groups is 1. The molecule has 9 nitrogen and oxygen atoms in total. The molecule has 1 fully saturated rings. The Bertz CT molecular complexity index is 1530. The Hall–Kier alpha value is -3.40. The molecule has 182 valence electrons. The minimum atomic E-state index is -0.447. The Morgan fingerprint density at radius 2 is 1.86 bits per heavy atom. The molecule has 2 atom stereocenters. The predicted molar refractivity (Wildman–Crippen MR) is 137 cm³/mol. The van der Waals surface area contributed by atoms with Gasteiger partial charge in [0.2, 0.25) is 0 Å². The molecule has 5 rings (SSSR count). The lowest BCUT2D eigenvalue weighted by atomic mass is 9.97. The van der Waals surface area contributed by atoms with Crippen molar-refractivity contribution in [2.45, 2.75) is 38.9 Å². The summed E-state index contributed by atoms with van der Waals surface area (Å²) in [4.78, 5) is 36.1. The van der Waals surface area contributed by atoms with Crippen LogP contribution in [0.15, 0.2) is 52.1 Å². The van der Waals surface area contributed by atoms with E-state index in [4.69, 9.17) is 15.8 Å². The van der Waals surface area contributed by atoms with E-state index in [0.717, 1.165) is 33.1 Å². The molecule has 3 heterocycles. The quantitative estimate of drug-likeness (QED) is 0.238. The number of benzene rings is 2. The van der Waals surface area contributed by atoms with Gasteiger partial charge in [0, 0.05) is 39.6 Å². The molecule has 2 aromatic heterocycles. The van der Waals surface area contributed by atoms with Crippen LogP contribution in [0.25, 0.3) is 21.9 Å². The SMILES string of the molecule is CC(C)Cn1c(=O)n(C)c(=O)c2nc(C(C3CN3)N(C)N)c(Cc3cccc4ccccc34)nc21. The smallest absolute Gasteiger partial charge is 0.309 e. The highest BCUT2D eigenvalue weighted by molar-refractivity contribution is 5.86. The van der Waals surface area contributed by atoms with Crippen LogP contribution in [0.2, 0.25) is 0 Å². The first kappa shape index (κ1) is 23.3. The number of aromatic nitrogens is 4. The second-order valence-electron chi connectivity index (χ2n) is 9.82. The highest BCUT2D eigenvalue weighted by atomic mass is 16.2. The zero-order chi connectivity index (χ0) is 24.9. The summed E-state index contributed by atoms with van der Waals surface area (Å²) in [5.74, 6) is 6.47. The Labute approximate surface area is 203 Å². The molecule has 0 aliphatic carbocycles.